The Morgan fingerprint density at radius 1 is 1.05 bits per heavy atom. The maximum absolute atomic E-state index is 3.52. The van der Waals surface area contributed by atoms with Gasteiger partial charge in [0.25, 0.3) is 0 Å². The predicted octanol–water partition coefficient (Wildman–Crippen LogP) is 4.13. The molecule has 0 unspecified atom stereocenters. The minimum Gasteiger partial charge on any atom is -0.383 e. The number of aryl methyl sites for hydroxylation is 2. The van der Waals surface area contributed by atoms with Crippen molar-refractivity contribution in [1.29, 1.82) is 0 Å². The van der Waals surface area contributed by atoms with Gasteiger partial charge in [-0.1, -0.05) is 30.3 Å². The van der Waals surface area contributed by atoms with Crippen molar-refractivity contribution in [3.8, 4) is 0 Å². The third-order valence-electron chi connectivity index (χ3n) is 4.11. The largest absolute Gasteiger partial charge is 0.383 e. The van der Waals surface area contributed by atoms with E-state index in [0.29, 0.717) is 0 Å². The number of fused-ring (bicyclic) bond motifs is 1. The van der Waals surface area contributed by atoms with Gasteiger partial charge in [0.2, 0.25) is 0 Å². The van der Waals surface area contributed by atoms with Gasteiger partial charge in [0.1, 0.15) is 0 Å². The smallest absolute Gasteiger partial charge is 0.0605 e. The van der Waals surface area contributed by atoms with Gasteiger partial charge in [0.05, 0.1) is 11.4 Å². The first kappa shape index (κ1) is 13.0. The highest BCUT2D eigenvalue weighted by molar-refractivity contribution is 5.70. The summed E-state index contributed by atoms with van der Waals surface area (Å²) < 4.78 is 0. The van der Waals surface area contributed by atoms with E-state index in [9.17, 15) is 0 Å². The van der Waals surface area contributed by atoms with Crippen LogP contribution < -0.4 is 10.2 Å². The Kier molecular flexibility index (Phi) is 3.64. The van der Waals surface area contributed by atoms with Crippen molar-refractivity contribution in [2.75, 3.05) is 23.3 Å². The molecular formula is C18H22N2. The molecule has 1 N–H and O–H groups in total. The van der Waals surface area contributed by atoms with E-state index in [2.05, 4.69) is 66.5 Å². The lowest BCUT2D eigenvalue weighted by Crippen LogP contribution is -2.23. The van der Waals surface area contributed by atoms with Gasteiger partial charge in [0.15, 0.2) is 0 Å². The Morgan fingerprint density at radius 2 is 1.90 bits per heavy atom. The summed E-state index contributed by atoms with van der Waals surface area (Å²) in [6.07, 6.45) is 1.18. The number of nitrogens with one attached hydrogen (secondary N) is 1. The number of rotatable bonds is 2. The Bertz CT molecular complexity index is 604. The van der Waals surface area contributed by atoms with E-state index < -0.39 is 0 Å². The average molecular weight is 266 g/mol. The molecule has 0 saturated heterocycles. The minimum atomic E-state index is 0.986. The second kappa shape index (κ2) is 5.58. The SMILES string of the molecule is Cc1ccc(CN2CCCNc3ccccc32)cc1C. The lowest BCUT2D eigenvalue weighted by Gasteiger charge is -2.24. The van der Waals surface area contributed by atoms with E-state index in [1.807, 2.05) is 0 Å². The van der Waals surface area contributed by atoms with Crippen LogP contribution in [0.4, 0.5) is 11.4 Å². The summed E-state index contributed by atoms with van der Waals surface area (Å²) in [6.45, 7) is 7.51. The van der Waals surface area contributed by atoms with Gasteiger partial charge >= 0.3 is 0 Å². The second-order valence-corrected chi connectivity index (χ2v) is 5.64. The van der Waals surface area contributed by atoms with Crippen molar-refractivity contribution >= 4 is 11.4 Å². The summed E-state index contributed by atoms with van der Waals surface area (Å²) in [4.78, 5) is 2.49. The minimum absolute atomic E-state index is 0.986. The second-order valence-electron chi connectivity index (χ2n) is 5.64. The molecule has 1 aliphatic heterocycles. The van der Waals surface area contributed by atoms with Gasteiger partial charge in [-0.05, 0) is 49.1 Å². The third kappa shape index (κ3) is 2.64. The van der Waals surface area contributed by atoms with Gasteiger partial charge in [-0.15, -0.1) is 0 Å². The molecule has 0 aliphatic carbocycles. The van der Waals surface area contributed by atoms with Gasteiger partial charge in [-0.25, -0.2) is 0 Å². The first-order chi connectivity index (χ1) is 9.74. The van der Waals surface area contributed by atoms with Gasteiger partial charge < -0.3 is 10.2 Å². The van der Waals surface area contributed by atoms with E-state index in [1.165, 1.54) is 34.5 Å². The van der Waals surface area contributed by atoms with Crippen molar-refractivity contribution in [2.45, 2.75) is 26.8 Å². The van der Waals surface area contributed by atoms with Crippen LogP contribution in [-0.4, -0.2) is 13.1 Å². The van der Waals surface area contributed by atoms with Crippen LogP contribution in [0.25, 0.3) is 0 Å². The fraction of sp³-hybridized carbons (Fsp3) is 0.333. The fourth-order valence-corrected chi connectivity index (χ4v) is 2.80. The first-order valence-corrected chi connectivity index (χ1v) is 7.38. The van der Waals surface area contributed by atoms with Crippen LogP contribution in [0.2, 0.25) is 0 Å². The molecule has 20 heavy (non-hydrogen) atoms. The summed E-state index contributed by atoms with van der Waals surface area (Å²) in [6, 6.07) is 15.4. The molecule has 2 heteroatoms. The van der Waals surface area contributed by atoms with E-state index >= 15 is 0 Å². The van der Waals surface area contributed by atoms with Crippen LogP contribution in [0.5, 0.6) is 0 Å². The summed E-state index contributed by atoms with van der Waals surface area (Å²) in [5.74, 6) is 0. The molecule has 0 saturated carbocycles. The van der Waals surface area contributed by atoms with Crippen molar-refractivity contribution in [3.05, 3.63) is 59.2 Å². The summed E-state index contributed by atoms with van der Waals surface area (Å²) in [7, 11) is 0. The highest BCUT2D eigenvalue weighted by atomic mass is 15.2. The molecule has 0 fully saturated rings. The van der Waals surface area contributed by atoms with Crippen LogP contribution in [0.15, 0.2) is 42.5 Å². The number of benzene rings is 2. The van der Waals surface area contributed by atoms with Crippen LogP contribution >= 0.6 is 0 Å². The molecule has 104 valence electrons. The number of nitrogens with zero attached hydrogens (tertiary/aromatic N) is 1. The van der Waals surface area contributed by atoms with Crippen LogP contribution in [0.1, 0.15) is 23.1 Å². The molecule has 2 aromatic rings. The number of hydrogen-bond acceptors (Lipinski definition) is 2. The highest BCUT2D eigenvalue weighted by Crippen LogP contribution is 2.29. The van der Waals surface area contributed by atoms with E-state index in [1.54, 1.807) is 0 Å². The van der Waals surface area contributed by atoms with Gasteiger partial charge in [-0.3, -0.25) is 0 Å². The maximum Gasteiger partial charge on any atom is 0.0605 e. The normalized spacial score (nSPS) is 14.4. The lowest BCUT2D eigenvalue weighted by molar-refractivity contribution is 0.763. The van der Waals surface area contributed by atoms with E-state index in [0.717, 1.165) is 19.6 Å². The summed E-state index contributed by atoms with van der Waals surface area (Å²) in [5, 5.41) is 3.52. The van der Waals surface area contributed by atoms with Crippen molar-refractivity contribution in [3.63, 3.8) is 0 Å². The molecule has 0 bridgehead atoms. The zero-order chi connectivity index (χ0) is 13.9. The molecule has 1 aliphatic rings. The van der Waals surface area contributed by atoms with E-state index in [-0.39, 0.29) is 0 Å². The molecular weight excluding hydrogens is 244 g/mol. The van der Waals surface area contributed by atoms with Crippen molar-refractivity contribution < 1.29 is 0 Å². The maximum atomic E-state index is 3.52. The van der Waals surface area contributed by atoms with Crippen molar-refractivity contribution in [2.24, 2.45) is 0 Å². The number of hydrogen-bond donors (Lipinski definition) is 1. The zero-order valence-corrected chi connectivity index (χ0v) is 12.3. The molecule has 0 amide bonds. The Hall–Kier alpha value is -1.96. The molecule has 1 heterocycles. The van der Waals surface area contributed by atoms with E-state index in [4.69, 9.17) is 0 Å². The predicted molar refractivity (Wildman–Crippen MR) is 86.5 cm³/mol. The average Bonchev–Trinajstić information content (AvgIpc) is 2.66. The quantitative estimate of drug-likeness (QED) is 0.879. The third-order valence-corrected chi connectivity index (χ3v) is 4.11. The molecule has 0 radical (unpaired) electrons. The molecule has 2 aromatic carbocycles. The standard InChI is InChI=1S/C18H22N2/c1-14-8-9-16(12-15(14)2)13-20-11-5-10-19-17-6-3-4-7-18(17)20/h3-4,6-9,12,19H,5,10-11,13H2,1-2H3. The first-order valence-electron chi connectivity index (χ1n) is 7.38. The molecule has 0 atom stereocenters. The van der Waals surface area contributed by atoms with Crippen LogP contribution in [0.3, 0.4) is 0 Å². The Morgan fingerprint density at radius 3 is 2.75 bits per heavy atom. The molecule has 2 nitrogen and oxygen atoms in total. The molecule has 0 aromatic heterocycles. The van der Waals surface area contributed by atoms with Crippen LogP contribution in [0, 0.1) is 13.8 Å². The number of anilines is 2. The highest BCUT2D eigenvalue weighted by Gasteiger charge is 2.14. The topological polar surface area (TPSA) is 15.3 Å². The number of para-hydroxylation sites is 2. The van der Waals surface area contributed by atoms with Gasteiger partial charge in [-0.2, -0.15) is 0 Å². The Labute approximate surface area is 121 Å². The lowest BCUT2D eigenvalue weighted by atomic mass is 10.1. The monoisotopic (exact) mass is 266 g/mol. The zero-order valence-electron chi connectivity index (χ0n) is 12.3. The summed E-state index contributed by atoms with van der Waals surface area (Å²) in [5.41, 5.74) is 6.72. The fourth-order valence-electron chi connectivity index (χ4n) is 2.80. The summed E-state index contributed by atoms with van der Waals surface area (Å²) >= 11 is 0. The van der Waals surface area contributed by atoms with Gasteiger partial charge in [0, 0.05) is 19.6 Å². The van der Waals surface area contributed by atoms with Crippen LogP contribution in [-0.2, 0) is 6.54 Å². The van der Waals surface area contributed by atoms with Crippen molar-refractivity contribution in [1.82, 2.24) is 0 Å². The molecule has 3 rings (SSSR count). The molecule has 0 spiro atoms. The Balaban J connectivity index is 1.88.